The molecule has 0 aliphatic heterocycles. The van der Waals surface area contributed by atoms with Crippen LogP contribution in [-0.4, -0.2) is 16.4 Å². The molecule has 0 aliphatic carbocycles. The minimum atomic E-state index is -0.837. The molecule has 17 heavy (non-hydrogen) atoms. The number of hydrogen-bond acceptors (Lipinski definition) is 3. The molecule has 1 aromatic heterocycles. The SMILES string of the molecule is CCC(C#N)(CC)NC(=O)c1cnccc1Cl. The van der Waals surface area contributed by atoms with Gasteiger partial charge >= 0.3 is 0 Å². The van der Waals surface area contributed by atoms with Crippen molar-refractivity contribution >= 4 is 17.5 Å². The van der Waals surface area contributed by atoms with Crippen LogP contribution in [0.2, 0.25) is 5.02 Å². The fourth-order valence-electron chi connectivity index (χ4n) is 1.44. The van der Waals surface area contributed by atoms with Gasteiger partial charge in [0.25, 0.3) is 5.91 Å². The summed E-state index contributed by atoms with van der Waals surface area (Å²) < 4.78 is 0. The zero-order chi connectivity index (χ0) is 12.9. The smallest absolute Gasteiger partial charge is 0.255 e. The van der Waals surface area contributed by atoms with Crippen LogP contribution in [0.15, 0.2) is 18.5 Å². The largest absolute Gasteiger partial charge is 0.334 e. The normalized spacial score (nSPS) is 10.7. The summed E-state index contributed by atoms with van der Waals surface area (Å²) in [6, 6.07) is 3.68. The molecule has 4 nitrogen and oxygen atoms in total. The van der Waals surface area contributed by atoms with Crippen molar-refractivity contribution in [1.29, 1.82) is 5.26 Å². The van der Waals surface area contributed by atoms with Gasteiger partial charge in [0, 0.05) is 12.4 Å². The van der Waals surface area contributed by atoms with E-state index >= 15 is 0 Å². The Bertz CT molecular complexity index is 449. The van der Waals surface area contributed by atoms with Crippen molar-refractivity contribution in [3.05, 3.63) is 29.0 Å². The van der Waals surface area contributed by atoms with Gasteiger partial charge in [-0.05, 0) is 18.9 Å². The van der Waals surface area contributed by atoms with Crippen LogP contribution in [0.5, 0.6) is 0 Å². The predicted octanol–water partition coefficient (Wildman–Crippen LogP) is 2.55. The minimum absolute atomic E-state index is 0.288. The molecule has 1 amide bonds. The first-order chi connectivity index (χ1) is 8.08. The molecule has 90 valence electrons. The van der Waals surface area contributed by atoms with E-state index in [1.807, 2.05) is 13.8 Å². The lowest BCUT2D eigenvalue weighted by Crippen LogP contribution is -2.46. The van der Waals surface area contributed by atoms with E-state index in [9.17, 15) is 4.79 Å². The molecule has 0 saturated heterocycles. The lowest BCUT2D eigenvalue weighted by Gasteiger charge is -2.24. The molecule has 1 aromatic rings. The van der Waals surface area contributed by atoms with Crippen molar-refractivity contribution in [3.63, 3.8) is 0 Å². The fourth-order valence-corrected chi connectivity index (χ4v) is 1.63. The third kappa shape index (κ3) is 2.95. The molecule has 0 saturated carbocycles. The number of hydrogen-bond donors (Lipinski definition) is 1. The first kappa shape index (κ1) is 13.5. The van der Waals surface area contributed by atoms with Gasteiger partial charge in [0.05, 0.1) is 16.7 Å². The lowest BCUT2D eigenvalue weighted by molar-refractivity contribution is 0.0915. The Morgan fingerprint density at radius 1 is 1.59 bits per heavy atom. The standard InChI is InChI=1S/C12H14ClN3O/c1-3-12(4-2,8-14)16-11(17)9-7-15-6-5-10(9)13/h5-7H,3-4H2,1-2H3,(H,16,17). The van der Waals surface area contributed by atoms with E-state index in [0.29, 0.717) is 17.9 Å². The summed E-state index contributed by atoms with van der Waals surface area (Å²) in [6.45, 7) is 3.72. The predicted molar refractivity (Wildman–Crippen MR) is 65.6 cm³/mol. The fraction of sp³-hybridized carbons (Fsp3) is 0.417. The van der Waals surface area contributed by atoms with Crippen LogP contribution in [0, 0.1) is 11.3 Å². The van der Waals surface area contributed by atoms with Crippen LogP contribution in [0.25, 0.3) is 0 Å². The quantitative estimate of drug-likeness (QED) is 0.894. The zero-order valence-electron chi connectivity index (χ0n) is 9.83. The van der Waals surface area contributed by atoms with Gasteiger partial charge in [-0.15, -0.1) is 0 Å². The highest BCUT2D eigenvalue weighted by Gasteiger charge is 2.28. The van der Waals surface area contributed by atoms with Crippen LogP contribution in [0.4, 0.5) is 0 Å². The first-order valence-electron chi connectivity index (χ1n) is 5.42. The number of nitrogens with zero attached hydrogens (tertiary/aromatic N) is 2. The molecule has 0 aromatic carbocycles. The number of aromatic nitrogens is 1. The van der Waals surface area contributed by atoms with E-state index in [1.165, 1.54) is 12.4 Å². The highest BCUT2D eigenvalue weighted by molar-refractivity contribution is 6.33. The molecule has 0 spiro atoms. The van der Waals surface area contributed by atoms with Gasteiger partial charge in [-0.25, -0.2) is 0 Å². The van der Waals surface area contributed by atoms with E-state index in [-0.39, 0.29) is 11.5 Å². The number of pyridine rings is 1. The third-order valence-corrected chi connectivity index (χ3v) is 3.12. The maximum atomic E-state index is 12.0. The number of amides is 1. The Labute approximate surface area is 106 Å². The molecule has 1 rings (SSSR count). The lowest BCUT2D eigenvalue weighted by atomic mass is 9.94. The second kappa shape index (κ2) is 5.65. The van der Waals surface area contributed by atoms with E-state index in [1.54, 1.807) is 6.07 Å². The van der Waals surface area contributed by atoms with E-state index in [0.717, 1.165) is 0 Å². The minimum Gasteiger partial charge on any atom is -0.334 e. The Morgan fingerprint density at radius 2 is 2.24 bits per heavy atom. The number of carbonyl (C=O) groups excluding carboxylic acids is 1. The molecular weight excluding hydrogens is 238 g/mol. The Balaban J connectivity index is 2.94. The summed E-state index contributed by atoms with van der Waals surface area (Å²) in [7, 11) is 0. The summed E-state index contributed by atoms with van der Waals surface area (Å²) in [6.07, 6.45) is 3.99. The third-order valence-electron chi connectivity index (χ3n) is 2.79. The second-order valence-corrected chi connectivity index (χ2v) is 4.12. The number of rotatable bonds is 4. The molecule has 0 bridgehead atoms. The van der Waals surface area contributed by atoms with Crippen LogP contribution < -0.4 is 5.32 Å². The van der Waals surface area contributed by atoms with E-state index < -0.39 is 5.54 Å². The monoisotopic (exact) mass is 251 g/mol. The van der Waals surface area contributed by atoms with Gasteiger partial charge < -0.3 is 5.32 Å². The van der Waals surface area contributed by atoms with Crippen molar-refractivity contribution in [3.8, 4) is 6.07 Å². The maximum absolute atomic E-state index is 12.0. The second-order valence-electron chi connectivity index (χ2n) is 3.71. The highest BCUT2D eigenvalue weighted by Crippen LogP contribution is 2.18. The average Bonchev–Trinajstić information content (AvgIpc) is 2.36. The topological polar surface area (TPSA) is 65.8 Å². The summed E-state index contributed by atoms with van der Waals surface area (Å²) in [5, 5.41) is 12.2. The van der Waals surface area contributed by atoms with Crippen LogP contribution in [-0.2, 0) is 0 Å². The van der Waals surface area contributed by atoms with Crippen molar-refractivity contribution < 1.29 is 4.79 Å². The summed E-state index contributed by atoms with van der Waals surface area (Å²) >= 11 is 5.89. The van der Waals surface area contributed by atoms with Crippen LogP contribution in [0.1, 0.15) is 37.0 Å². The maximum Gasteiger partial charge on any atom is 0.255 e. The number of nitriles is 1. The van der Waals surface area contributed by atoms with Crippen LogP contribution >= 0.6 is 11.6 Å². The molecule has 0 unspecified atom stereocenters. The molecular formula is C12H14ClN3O. The van der Waals surface area contributed by atoms with Gasteiger partial charge in [-0.3, -0.25) is 9.78 Å². The van der Waals surface area contributed by atoms with Crippen molar-refractivity contribution in [1.82, 2.24) is 10.3 Å². The van der Waals surface area contributed by atoms with Gasteiger partial charge in [0.15, 0.2) is 0 Å². The number of carbonyl (C=O) groups is 1. The zero-order valence-corrected chi connectivity index (χ0v) is 10.6. The Morgan fingerprint density at radius 3 is 2.71 bits per heavy atom. The Hall–Kier alpha value is -1.60. The highest BCUT2D eigenvalue weighted by atomic mass is 35.5. The molecule has 0 fully saturated rings. The van der Waals surface area contributed by atoms with E-state index in [2.05, 4.69) is 16.4 Å². The van der Waals surface area contributed by atoms with Crippen molar-refractivity contribution in [2.75, 3.05) is 0 Å². The number of halogens is 1. The van der Waals surface area contributed by atoms with E-state index in [4.69, 9.17) is 16.9 Å². The average molecular weight is 252 g/mol. The summed E-state index contributed by atoms with van der Waals surface area (Å²) in [5.41, 5.74) is -0.549. The van der Waals surface area contributed by atoms with Gasteiger partial charge in [-0.1, -0.05) is 25.4 Å². The molecule has 0 radical (unpaired) electrons. The first-order valence-corrected chi connectivity index (χ1v) is 5.79. The molecule has 1 N–H and O–H groups in total. The van der Waals surface area contributed by atoms with Crippen LogP contribution in [0.3, 0.4) is 0 Å². The summed E-state index contributed by atoms with van der Waals surface area (Å²) in [5.74, 6) is -0.367. The van der Waals surface area contributed by atoms with Gasteiger partial charge in [0.2, 0.25) is 0 Å². The van der Waals surface area contributed by atoms with Crippen molar-refractivity contribution in [2.45, 2.75) is 32.2 Å². The van der Waals surface area contributed by atoms with Gasteiger partial charge in [-0.2, -0.15) is 5.26 Å². The van der Waals surface area contributed by atoms with Crippen molar-refractivity contribution in [2.24, 2.45) is 0 Å². The Kier molecular flexibility index (Phi) is 4.47. The molecule has 0 atom stereocenters. The number of nitrogens with one attached hydrogen (secondary N) is 1. The molecule has 1 heterocycles. The summed E-state index contributed by atoms with van der Waals surface area (Å²) in [4.78, 5) is 15.8. The molecule has 0 aliphatic rings. The van der Waals surface area contributed by atoms with Gasteiger partial charge in [0.1, 0.15) is 5.54 Å². The molecule has 5 heteroatoms.